The van der Waals surface area contributed by atoms with Gasteiger partial charge in [-0.2, -0.15) is 4.98 Å². The molecule has 1 saturated heterocycles. The monoisotopic (exact) mass is 500 g/mol. The zero-order chi connectivity index (χ0) is 21.7. The number of nitrogens with one attached hydrogen (secondary N) is 2. The number of thiazole rings is 1. The van der Waals surface area contributed by atoms with E-state index < -0.39 is 0 Å². The molecule has 5 rings (SSSR count). The fraction of sp³-hybridized carbons (Fsp3) is 0.455. The molecule has 3 aromatic rings. The van der Waals surface area contributed by atoms with Gasteiger partial charge in [0.05, 0.1) is 17.1 Å². The van der Waals surface area contributed by atoms with Crippen molar-refractivity contribution in [2.75, 3.05) is 30.4 Å². The summed E-state index contributed by atoms with van der Waals surface area (Å²) < 4.78 is 1.01. The normalized spacial score (nSPS) is 21.9. The largest absolute Gasteiger partial charge is 0.364 e. The number of carbonyl (C=O) groups excluding carboxylic acids is 1. The van der Waals surface area contributed by atoms with E-state index in [9.17, 15) is 4.79 Å². The minimum absolute atomic E-state index is 0.149. The Morgan fingerprint density at radius 3 is 2.74 bits per heavy atom. The Kier molecular flexibility index (Phi) is 5.34. The third-order valence-electron chi connectivity index (χ3n) is 6.30. The summed E-state index contributed by atoms with van der Waals surface area (Å²) in [6.07, 6.45) is 2.89. The molecule has 3 heterocycles. The number of anilines is 2. The van der Waals surface area contributed by atoms with Crippen LogP contribution in [0.1, 0.15) is 22.4 Å². The molecule has 3 atom stereocenters. The van der Waals surface area contributed by atoms with E-state index in [0.717, 1.165) is 57.2 Å². The highest BCUT2D eigenvalue weighted by atomic mass is 79.9. The van der Waals surface area contributed by atoms with Crippen LogP contribution in [0.4, 0.5) is 11.8 Å². The highest BCUT2D eigenvalue weighted by Gasteiger charge is 2.59. The molecule has 0 spiro atoms. The van der Waals surface area contributed by atoms with Gasteiger partial charge in [-0.05, 0) is 42.9 Å². The number of halogens is 1. The molecule has 1 amide bonds. The van der Waals surface area contributed by atoms with Crippen molar-refractivity contribution in [3.05, 3.63) is 38.3 Å². The third kappa shape index (κ3) is 3.78. The van der Waals surface area contributed by atoms with Gasteiger partial charge in [-0.25, -0.2) is 9.97 Å². The van der Waals surface area contributed by atoms with Gasteiger partial charge in [0.2, 0.25) is 11.9 Å². The van der Waals surface area contributed by atoms with Gasteiger partial charge in [-0.3, -0.25) is 4.79 Å². The van der Waals surface area contributed by atoms with Crippen molar-refractivity contribution in [3.8, 4) is 0 Å². The fourth-order valence-corrected chi connectivity index (χ4v) is 6.01. The topological polar surface area (TPSA) is 83.0 Å². The lowest BCUT2D eigenvalue weighted by Gasteiger charge is -2.21. The van der Waals surface area contributed by atoms with Gasteiger partial charge in [0.25, 0.3) is 0 Å². The van der Waals surface area contributed by atoms with Crippen LogP contribution < -0.4 is 15.5 Å². The summed E-state index contributed by atoms with van der Waals surface area (Å²) >= 11 is 5.34. The zero-order valence-corrected chi connectivity index (χ0v) is 20.2. The molecule has 2 aromatic heterocycles. The SMILES string of the molecule is CCc1ncc(CNc2nc(N3C[C@@H]4C(C(=O)NC)[C@@H]4C3)nc3c(C)cc(Br)cc23)s1. The fourth-order valence-electron chi connectivity index (χ4n) is 4.64. The van der Waals surface area contributed by atoms with E-state index in [1.165, 1.54) is 4.88 Å². The average Bonchev–Trinajstić information content (AvgIpc) is 3.10. The standard InChI is InChI=1S/C22H25BrN6OS/c1-4-17-25-7-13(31-17)8-26-20-14-6-12(23)5-11(2)19(14)27-22(28-20)29-9-15-16(10-29)18(15)21(30)24-3/h5-7,15-16,18H,4,8-10H2,1-3H3,(H,24,30)(H,26,27,28)/t15-,16+,18?. The van der Waals surface area contributed by atoms with Crippen LogP contribution in [0.2, 0.25) is 0 Å². The number of hydrogen-bond donors (Lipinski definition) is 2. The van der Waals surface area contributed by atoms with Gasteiger partial charge >= 0.3 is 0 Å². The Balaban J connectivity index is 1.44. The number of rotatable bonds is 6. The van der Waals surface area contributed by atoms with E-state index in [2.05, 4.69) is 62.4 Å². The van der Waals surface area contributed by atoms with Crippen LogP contribution in [0.3, 0.4) is 0 Å². The highest BCUT2D eigenvalue weighted by Crippen LogP contribution is 2.52. The number of aromatic nitrogens is 3. The summed E-state index contributed by atoms with van der Waals surface area (Å²) in [6.45, 7) is 6.54. The Hall–Kier alpha value is -2.26. The van der Waals surface area contributed by atoms with Gasteiger partial charge in [0, 0.05) is 47.0 Å². The second-order valence-electron chi connectivity index (χ2n) is 8.29. The number of piperidine rings is 1. The lowest BCUT2D eigenvalue weighted by molar-refractivity contribution is -0.122. The Morgan fingerprint density at radius 2 is 2.06 bits per heavy atom. The van der Waals surface area contributed by atoms with Crippen LogP contribution in [0.25, 0.3) is 10.9 Å². The molecule has 31 heavy (non-hydrogen) atoms. The van der Waals surface area contributed by atoms with Gasteiger partial charge in [-0.1, -0.05) is 22.9 Å². The van der Waals surface area contributed by atoms with Crippen LogP contribution in [0, 0.1) is 24.7 Å². The first kappa shape index (κ1) is 20.6. The van der Waals surface area contributed by atoms with Crippen molar-refractivity contribution < 1.29 is 4.79 Å². The highest BCUT2D eigenvalue weighted by molar-refractivity contribution is 9.10. The lowest BCUT2D eigenvalue weighted by Crippen LogP contribution is -2.31. The molecular weight excluding hydrogens is 476 g/mol. The molecule has 9 heteroatoms. The summed E-state index contributed by atoms with van der Waals surface area (Å²) in [4.78, 5) is 29.7. The quantitative estimate of drug-likeness (QED) is 0.536. The van der Waals surface area contributed by atoms with Crippen LogP contribution in [0.15, 0.2) is 22.8 Å². The van der Waals surface area contributed by atoms with Gasteiger partial charge in [0.15, 0.2) is 0 Å². The molecule has 2 N–H and O–H groups in total. The predicted molar refractivity (Wildman–Crippen MR) is 128 cm³/mol. The van der Waals surface area contributed by atoms with Crippen molar-refractivity contribution in [2.45, 2.75) is 26.8 Å². The van der Waals surface area contributed by atoms with Crippen molar-refractivity contribution in [2.24, 2.45) is 17.8 Å². The second kappa shape index (κ2) is 8.02. The third-order valence-corrected chi connectivity index (χ3v) is 7.90. The van der Waals surface area contributed by atoms with Crippen molar-refractivity contribution in [1.29, 1.82) is 0 Å². The van der Waals surface area contributed by atoms with E-state index in [-0.39, 0.29) is 11.8 Å². The summed E-state index contributed by atoms with van der Waals surface area (Å²) in [7, 11) is 1.71. The van der Waals surface area contributed by atoms with Gasteiger partial charge in [0.1, 0.15) is 5.82 Å². The number of nitrogens with zero attached hydrogens (tertiary/aromatic N) is 4. The van der Waals surface area contributed by atoms with E-state index in [4.69, 9.17) is 9.97 Å². The molecule has 1 saturated carbocycles. The van der Waals surface area contributed by atoms with Gasteiger partial charge < -0.3 is 15.5 Å². The van der Waals surface area contributed by atoms with Gasteiger partial charge in [-0.15, -0.1) is 11.3 Å². The van der Waals surface area contributed by atoms with Crippen molar-refractivity contribution in [3.63, 3.8) is 0 Å². The Labute approximate surface area is 193 Å². The lowest BCUT2D eigenvalue weighted by atomic mass is 10.1. The number of hydrogen-bond acceptors (Lipinski definition) is 7. The maximum atomic E-state index is 12.0. The first-order valence-corrected chi connectivity index (χ1v) is 12.2. The molecule has 2 fully saturated rings. The van der Waals surface area contributed by atoms with E-state index in [1.807, 2.05) is 6.20 Å². The van der Waals surface area contributed by atoms with E-state index >= 15 is 0 Å². The minimum atomic E-state index is 0.149. The van der Waals surface area contributed by atoms with E-state index in [0.29, 0.717) is 18.4 Å². The maximum absolute atomic E-state index is 12.0. The number of amides is 1. The molecule has 1 aliphatic heterocycles. The van der Waals surface area contributed by atoms with Crippen LogP contribution in [-0.4, -0.2) is 41.0 Å². The Bertz CT molecular complexity index is 1150. The smallest absolute Gasteiger partial charge is 0.227 e. The second-order valence-corrected chi connectivity index (χ2v) is 10.4. The molecule has 0 bridgehead atoms. The first-order chi connectivity index (χ1) is 15.0. The maximum Gasteiger partial charge on any atom is 0.227 e. The predicted octanol–water partition coefficient (Wildman–Crippen LogP) is 3.76. The Morgan fingerprint density at radius 1 is 1.29 bits per heavy atom. The summed E-state index contributed by atoms with van der Waals surface area (Å²) in [5, 5.41) is 8.46. The average molecular weight is 501 g/mol. The van der Waals surface area contributed by atoms with Crippen LogP contribution in [0.5, 0.6) is 0 Å². The summed E-state index contributed by atoms with van der Waals surface area (Å²) in [5.41, 5.74) is 2.06. The number of fused-ring (bicyclic) bond motifs is 2. The molecule has 0 radical (unpaired) electrons. The molecule has 162 valence electrons. The van der Waals surface area contributed by atoms with Crippen molar-refractivity contribution in [1.82, 2.24) is 20.3 Å². The summed E-state index contributed by atoms with van der Waals surface area (Å²) in [6, 6.07) is 4.16. The molecular formula is C22H25BrN6OS. The van der Waals surface area contributed by atoms with Crippen LogP contribution >= 0.6 is 27.3 Å². The first-order valence-electron chi connectivity index (χ1n) is 10.6. The molecule has 1 aliphatic carbocycles. The summed E-state index contributed by atoms with van der Waals surface area (Å²) in [5.74, 6) is 2.70. The molecule has 1 unspecified atom stereocenters. The molecule has 2 aliphatic rings. The minimum Gasteiger partial charge on any atom is -0.364 e. The number of carbonyl (C=O) groups is 1. The van der Waals surface area contributed by atoms with Crippen LogP contribution in [-0.2, 0) is 17.8 Å². The number of benzene rings is 1. The molecule has 1 aromatic carbocycles. The molecule has 7 nitrogen and oxygen atoms in total. The van der Waals surface area contributed by atoms with Crippen molar-refractivity contribution >= 4 is 55.8 Å². The van der Waals surface area contributed by atoms with E-state index in [1.54, 1.807) is 18.4 Å². The number of aryl methyl sites for hydroxylation is 2. The zero-order valence-electron chi connectivity index (χ0n) is 17.8.